The van der Waals surface area contributed by atoms with E-state index in [-0.39, 0.29) is 0 Å². The Bertz CT molecular complexity index is 767. The number of carboxylic acids is 1. The highest BCUT2D eigenvalue weighted by atomic mass is 16.5. The lowest BCUT2D eigenvalue weighted by Crippen LogP contribution is -2.37. The van der Waals surface area contributed by atoms with Crippen LogP contribution in [0.3, 0.4) is 0 Å². The van der Waals surface area contributed by atoms with Crippen LogP contribution in [0.25, 0.3) is 0 Å². The lowest BCUT2D eigenvalue weighted by molar-refractivity contribution is -0.143. The second-order valence-corrected chi connectivity index (χ2v) is 6.97. The Balaban J connectivity index is 1.76. The third kappa shape index (κ3) is 4.84. The van der Waals surface area contributed by atoms with Crippen LogP contribution in [0.2, 0.25) is 0 Å². The molecule has 144 valence electrons. The lowest BCUT2D eigenvalue weighted by Gasteiger charge is -2.29. The Morgan fingerprint density at radius 3 is 2.78 bits per heavy atom. The van der Waals surface area contributed by atoms with E-state index in [1.165, 1.54) is 0 Å². The van der Waals surface area contributed by atoms with Gasteiger partial charge in [-0.1, -0.05) is 23.8 Å². The molecule has 0 amide bonds. The molecule has 1 aromatic carbocycles. The van der Waals surface area contributed by atoms with E-state index >= 15 is 0 Å². The predicted octanol–water partition coefficient (Wildman–Crippen LogP) is 2.73. The second kappa shape index (κ2) is 8.97. The second-order valence-electron chi connectivity index (χ2n) is 6.97. The average Bonchev–Trinajstić information content (AvgIpc) is 2.88. The molecule has 3 rings (SSSR count). The van der Waals surface area contributed by atoms with Crippen molar-refractivity contribution in [1.29, 1.82) is 0 Å². The number of hydrogen-bond donors (Lipinski definition) is 1. The van der Waals surface area contributed by atoms with E-state index in [4.69, 9.17) is 4.74 Å². The van der Waals surface area contributed by atoms with Crippen LogP contribution in [0.5, 0.6) is 5.75 Å². The molecule has 0 bridgehead atoms. The van der Waals surface area contributed by atoms with Crippen LogP contribution in [-0.4, -0.2) is 59.1 Å². The molecule has 6 nitrogen and oxygen atoms in total. The van der Waals surface area contributed by atoms with Crippen LogP contribution in [0, 0.1) is 6.92 Å². The zero-order valence-corrected chi connectivity index (χ0v) is 16.0. The minimum atomic E-state index is -0.836. The van der Waals surface area contributed by atoms with Gasteiger partial charge in [-0.05, 0) is 38.1 Å². The fourth-order valence-electron chi connectivity index (χ4n) is 3.68. The number of pyridine rings is 1. The van der Waals surface area contributed by atoms with Crippen LogP contribution >= 0.6 is 0 Å². The molecule has 27 heavy (non-hydrogen) atoms. The van der Waals surface area contributed by atoms with Crippen LogP contribution in [0.15, 0.2) is 42.6 Å². The molecule has 1 N–H and O–H groups in total. The van der Waals surface area contributed by atoms with E-state index in [2.05, 4.69) is 14.8 Å². The Labute approximate surface area is 160 Å². The number of aliphatic carboxylic acids is 1. The zero-order valence-electron chi connectivity index (χ0n) is 16.0. The summed E-state index contributed by atoms with van der Waals surface area (Å²) < 4.78 is 5.44. The van der Waals surface area contributed by atoms with Gasteiger partial charge in [0.25, 0.3) is 0 Å². The van der Waals surface area contributed by atoms with Crippen molar-refractivity contribution in [3.05, 3.63) is 59.4 Å². The van der Waals surface area contributed by atoms with Crippen LogP contribution in [0.1, 0.15) is 29.3 Å². The number of aryl methyl sites for hydroxylation is 1. The molecular weight excluding hydrogens is 342 g/mol. The van der Waals surface area contributed by atoms with Crippen molar-refractivity contribution in [2.24, 2.45) is 0 Å². The first kappa shape index (κ1) is 19.3. The first-order valence-corrected chi connectivity index (χ1v) is 9.32. The number of nitrogens with zero attached hydrogens (tertiary/aromatic N) is 3. The molecule has 0 saturated carbocycles. The van der Waals surface area contributed by atoms with Crippen molar-refractivity contribution in [2.75, 3.05) is 33.3 Å². The Hall–Kier alpha value is -2.44. The number of ether oxygens (including phenoxy) is 1. The molecule has 1 aliphatic heterocycles. The highest BCUT2D eigenvalue weighted by Crippen LogP contribution is 2.31. The highest BCUT2D eigenvalue weighted by Gasteiger charge is 2.31. The van der Waals surface area contributed by atoms with Gasteiger partial charge in [0, 0.05) is 37.9 Å². The van der Waals surface area contributed by atoms with Gasteiger partial charge in [-0.3, -0.25) is 19.6 Å². The molecule has 1 saturated heterocycles. The van der Waals surface area contributed by atoms with E-state index in [9.17, 15) is 9.90 Å². The maximum Gasteiger partial charge on any atom is 0.325 e. The number of methoxy groups -OCH3 is 1. The van der Waals surface area contributed by atoms with Gasteiger partial charge in [0.2, 0.25) is 0 Å². The smallest absolute Gasteiger partial charge is 0.325 e. The molecule has 6 heteroatoms. The number of hydrogen-bond acceptors (Lipinski definition) is 5. The number of carboxylic acid groups (broad SMARTS) is 1. The number of rotatable bonds is 6. The third-order valence-electron chi connectivity index (χ3n) is 5.01. The van der Waals surface area contributed by atoms with Crippen LogP contribution < -0.4 is 4.74 Å². The fourth-order valence-corrected chi connectivity index (χ4v) is 3.68. The first-order valence-electron chi connectivity index (χ1n) is 9.32. The minimum absolute atomic E-state index is 0.627. The summed E-state index contributed by atoms with van der Waals surface area (Å²) in [5, 5.41) is 9.96. The Morgan fingerprint density at radius 1 is 1.22 bits per heavy atom. The van der Waals surface area contributed by atoms with E-state index in [1.54, 1.807) is 7.11 Å². The van der Waals surface area contributed by atoms with Crippen molar-refractivity contribution in [2.45, 2.75) is 25.9 Å². The summed E-state index contributed by atoms with van der Waals surface area (Å²) in [4.78, 5) is 20.9. The molecule has 2 aromatic rings. The summed E-state index contributed by atoms with van der Waals surface area (Å²) in [7, 11) is 1.59. The Kier molecular flexibility index (Phi) is 6.42. The average molecular weight is 369 g/mol. The van der Waals surface area contributed by atoms with Crippen molar-refractivity contribution in [3.8, 4) is 5.75 Å². The normalized spacial score (nSPS) is 17.3. The molecule has 0 radical (unpaired) electrons. The molecule has 0 spiro atoms. The van der Waals surface area contributed by atoms with Crippen molar-refractivity contribution in [1.82, 2.24) is 14.8 Å². The summed E-state index contributed by atoms with van der Waals surface area (Å²) in [6, 6.07) is 11.0. The summed E-state index contributed by atoms with van der Waals surface area (Å²) in [6.45, 7) is 5.95. The van der Waals surface area contributed by atoms with E-state index in [0.29, 0.717) is 12.3 Å². The van der Waals surface area contributed by atoms with E-state index in [1.807, 2.05) is 49.5 Å². The van der Waals surface area contributed by atoms with Gasteiger partial charge in [0.15, 0.2) is 0 Å². The van der Waals surface area contributed by atoms with Gasteiger partial charge in [-0.15, -0.1) is 0 Å². The summed E-state index contributed by atoms with van der Waals surface area (Å²) in [5.74, 6) is -0.209. The SMILES string of the molecule is COc1ccc(C)cc1[C@@H](C(=O)O)N1CCCN(Cc2ccccn2)CC1. The first-order chi connectivity index (χ1) is 13.1. The largest absolute Gasteiger partial charge is 0.496 e. The van der Waals surface area contributed by atoms with Crippen molar-refractivity contribution in [3.63, 3.8) is 0 Å². The Morgan fingerprint density at radius 2 is 2.07 bits per heavy atom. The monoisotopic (exact) mass is 369 g/mol. The van der Waals surface area contributed by atoms with E-state index < -0.39 is 12.0 Å². The molecule has 2 heterocycles. The van der Waals surface area contributed by atoms with Gasteiger partial charge >= 0.3 is 5.97 Å². The van der Waals surface area contributed by atoms with Gasteiger partial charge in [0.05, 0.1) is 12.8 Å². The number of benzene rings is 1. The minimum Gasteiger partial charge on any atom is -0.496 e. The highest BCUT2D eigenvalue weighted by molar-refractivity contribution is 5.77. The van der Waals surface area contributed by atoms with Crippen molar-refractivity contribution >= 4 is 5.97 Å². The zero-order chi connectivity index (χ0) is 19.2. The van der Waals surface area contributed by atoms with E-state index in [0.717, 1.165) is 49.4 Å². The lowest BCUT2D eigenvalue weighted by atomic mass is 10.0. The maximum atomic E-state index is 12.1. The standard InChI is InChI=1S/C21H27N3O3/c1-16-7-8-19(27-2)18(14-16)20(21(25)26)24-11-5-10-23(12-13-24)15-17-6-3-4-9-22-17/h3-4,6-9,14,20H,5,10-13,15H2,1-2H3,(H,25,26)/t20-/m0/s1. The van der Waals surface area contributed by atoms with Gasteiger partial charge in [0.1, 0.15) is 11.8 Å². The van der Waals surface area contributed by atoms with Gasteiger partial charge in [-0.25, -0.2) is 0 Å². The number of aromatic nitrogens is 1. The molecule has 1 fully saturated rings. The topological polar surface area (TPSA) is 65.9 Å². The number of carbonyl (C=O) groups is 1. The summed E-state index contributed by atoms with van der Waals surface area (Å²) >= 11 is 0. The van der Waals surface area contributed by atoms with Gasteiger partial charge < -0.3 is 9.84 Å². The fraction of sp³-hybridized carbons (Fsp3) is 0.429. The van der Waals surface area contributed by atoms with Crippen molar-refractivity contribution < 1.29 is 14.6 Å². The quantitative estimate of drug-likeness (QED) is 0.845. The molecule has 0 unspecified atom stereocenters. The third-order valence-corrected chi connectivity index (χ3v) is 5.01. The van der Waals surface area contributed by atoms with Crippen LogP contribution in [-0.2, 0) is 11.3 Å². The molecule has 0 aliphatic carbocycles. The molecular formula is C21H27N3O3. The predicted molar refractivity (Wildman–Crippen MR) is 104 cm³/mol. The molecule has 1 atom stereocenters. The van der Waals surface area contributed by atoms with Gasteiger partial charge in [-0.2, -0.15) is 0 Å². The maximum absolute atomic E-state index is 12.1. The molecule has 1 aliphatic rings. The summed E-state index contributed by atoms with van der Waals surface area (Å²) in [6.07, 6.45) is 2.73. The summed E-state index contributed by atoms with van der Waals surface area (Å²) in [5.41, 5.74) is 2.80. The molecule has 1 aromatic heterocycles. The van der Waals surface area contributed by atoms with Crippen LogP contribution in [0.4, 0.5) is 0 Å².